The number of carbonyl (C=O) groups excluding carboxylic acids is 2. The molecule has 5 nitrogen and oxygen atoms in total. The van der Waals surface area contributed by atoms with Crippen LogP contribution >= 0.6 is 0 Å². The van der Waals surface area contributed by atoms with Crippen LogP contribution in [-0.2, 0) is 14.9 Å². The monoisotopic (exact) mass is 388 g/mol. The molecule has 148 valence electrons. The van der Waals surface area contributed by atoms with E-state index in [2.05, 4.69) is 44.8 Å². The van der Waals surface area contributed by atoms with Crippen LogP contribution in [0.1, 0.15) is 36.7 Å². The number of hydrogen-bond donors (Lipinski definition) is 1. The molecule has 29 heavy (non-hydrogen) atoms. The van der Waals surface area contributed by atoms with Crippen molar-refractivity contribution in [2.75, 3.05) is 12.4 Å². The van der Waals surface area contributed by atoms with E-state index in [1.54, 1.807) is 18.2 Å². The van der Waals surface area contributed by atoms with E-state index in [9.17, 15) is 9.59 Å². The van der Waals surface area contributed by atoms with E-state index in [0.29, 0.717) is 22.5 Å². The second-order valence-corrected chi connectivity index (χ2v) is 7.80. The Morgan fingerprint density at radius 1 is 1.07 bits per heavy atom. The maximum absolute atomic E-state index is 11.9. The molecule has 1 aromatic heterocycles. The number of nitrogens with one attached hydrogen (secondary N) is 1. The van der Waals surface area contributed by atoms with Crippen LogP contribution in [0, 0.1) is 0 Å². The maximum atomic E-state index is 11.9. The number of hydrogen-bond acceptors (Lipinski definition) is 4. The van der Waals surface area contributed by atoms with Crippen LogP contribution < -0.4 is 5.32 Å². The van der Waals surface area contributed by atoms with E-state index in [4.69, 9.17) is 9.72 Å². The number of anilines is 1. The van der Waals surface area contributed by atoms with Gasteiger partial charge in [-0.25, -0.2) is 9.78 Å². The standard InChI is InChI=1S/C24H24N2O3/c1-6-22(27)26-21-14-19(15-7-10-17(11-8-15)24(2,3)4)25-20-13-16(23(28)29-5)9-12-18(20)21/h6-14H,1H2,2-5H3,(H,25,26,27). The number of benzene rings is 2. The fraction of sp³-hybridized carbons (Fsp3) is 0.208. The Bertz CT molecular complexity index is 1090. The summed E-state index contributed by atoms with van der Waals surface area (Å²) in [5.41, 5.74) is 4.46. The summed E-state index contributed by atoms with van der Waals surface area (Å²) in [4.78, 5) is 28.6. The third kappa shape index (κ3) is 4.35. The minimum Gasteiger partial charge on any atom is -0.465 e. The van der Waals surface area contributed by atoms with Gasteiger partial charge in [0.05, 0.1) is 29.6 Å². The van der Waals surface area contributed by atoms with Gasteiger partial charge in [-0.05, 0) is 41.3 Å². The zero-order chi connectivity index (χ0) is 21.2. The van der Waals surface area contributed by atoms with Gasteiger partial charge < -0.3 is 10.1 Å². The van der Waals surface area contributed by atoms with E-state index >= 15 is 0 Å². The highest BCUT2D eigenvalue weighted by Gasteiger charge is 2.15. The van der Waals surface area contributed by atoms with Crippen LogP contribution in [0.15, 0.2) is 61.2 Å². The predicted octanol–water partition coefficient (Wildman–Crippen LogP) is 5.11. The fourth-order valence-electron chi connectivity index (χ4n) is 3.05. The fourth-order valence-corrected chi connectivity index (χ4v) is 3.05. The molecular formula is C24H24N2O3. The molecule has 0 unspecified atom stereocenters. The van der Waals surface area contributed by atoms with Crippen LogP contribution in [0.25, 0.3) is 22.2 Å². The molecule has 0 saturated carbocycles. The molecule has 1 heterocycles. The van der Waals surface area contributed by atoms with Gasteiger partial charge in [-0.3, -0.25) is 4.79 Å². The maximum Gasteiger partial charge on any atom is 0.337 e. The van der Waals surface area contributed by atoms with Gasteiger partial charge in [-0.1, -0.05) is 51.6 Å². The van der Waals surface area contributed by atoms with Crippen molar-refractivity contribution < 1.29 is 14.3 Å². The topological polar surface area (TPSA) is 68.3 Å². The van der Waals surface area contributed by atoms with Crippen molar-refractivity contribution in [3.8, 4) is 11.3 Å². The Morgan fingerprint density at radius 3 is 2.34 bits per heavy atom. The van der Waals surface area contributed by atoms with Gasteiger partial charge in [0.1, 0.15) is 0 Å². The lowest BCUT2D eigenvalue weighted by Crippen LogP contribution is -2.10. The summed E-state index contributed by atoms with van der Waals surface area (Å²) >= 11 is 0. The van der Waals surface area contributed by atoms with Gasteiger partial charge in [-0.2, -0.15) is 0 Å². The first-order valence-corrected chi connectivity index (χ1v) is 9.30. The first-order chi connectivity index (χ1) is 13.7. The lowest BCUT2D eigenvalue weighted by Gasteiger charge is -2.19. The van der Waals surface area contributed by atoms with Crippen molar-refractivity contribution in [3.63, 3.8) is 0 Å². The number of amides is 1. The second-order valence-electron chi connectivity index (χ2n) is 7.80. The molecule has 0 atom stereocenters. The lowest BCUT2D eigenvalue weighted by atomic mass is 9.86. The molecule has 3 aromatic rings. The summed E-state index contributed by atoms with van der Waals surface area (Å²) in [6, 6.07) is 15.1. The first-order valence-electron chi connectivity index (χ1n) is 9.30. The van der Waals surface area contributed by atoms with Gasteiger partial charge in [0.15, 0.2) is 0 Å². The highest BCUT2D eigenvalue weighted by atomic mass is 16.5. The average molecular weight is 388 g/mol. The average Bonchev–Trinajstić information content (AvgIpc) is 2.71. The van der Waals surface area contributed by atoms with E-state index in [1.165, 1.54) is 18.7 Å². The molecule has 0 bridgehead atoms. The molecule has 0 aliphatic rings. The molecule has 5 heteroatoms. The van der Waals surface area contributed by atoms with Gasteiger partial charge in [0.25, 0.3) is 0 Å². The number of ether oxygens (including phenoxy) is 1. The molecule has 0 saturated heterocycles. The number of rotatable bonds is 4. The lowest BCUT2D eigenvalue weighted by molar-refractivity contribution is -0.111. The minimum atomic E-state index is -0.440. The molecule has 0 fully saturated rings. The molecule has 0 aliphatic heterocycles. The smallest absolute Gasteiger partial charge is 0.337 e. The third-order valence-corrected chi connectivity index (χ3v) is 4.72. The highest BCUT2D eigenvalue weighted by Crippen LogP contribution is 2.31. The Balaban J connectivity index is 2.16. The normalized spacial score (nSPS) is 11.2. The molecule has 1 N–H and O–H groups in total. The summed E-state index contributed by atoms with van der Waals surface area (Å²) in [6.07, 6.45) is 1.22. The number of fused-ring (bicyclic) bond motifs is 1. The van der Waals surface area contributed by atoms with Crippen molar-refractivity contribution in [2.45, 2.75) is 26.2 Å². The highest BCUT2D eigenvalue weighted by molar-refractivity contribution is 6.07. The van der Waals surface area contributed by atoms with E-state index < -0.39 is 5.97 Å². The van der Waals surface area contributed by atoms with E-state index in [1.807, 2.05) is 18.2 Å². The molecule has 1 amide bonds. The summed E-state index contributed by atoms with van der Waals surface area (Å²) in [6.45, 7) is 9.99. The summed E-state index contributed by atoms with van der Waals surface area (Å²) < 4.78 is 4.81. The number of nitrogens with zero attached hydrogens (tertiary/aromatic N) is 1. The molecule has 0 aliphatic carbocycles. The number of carbonyl (C=O) groups is 2. The van der Waals surface area contributed by atoms with Crippen LogP contribution in [-0.4, -0.2) is 24.0 Å². The number of esters is 1. The number of methoxy groups -OCH3 is 1. The van der Waals surface area contributed by atoms with Crippen LogP contribution in [0.4, 0.5) is 5.69 Å². The molecular weight excluding hydrogens is 364 g/mol. The van der Waals surface area contributed by atoms with Crippen molar-refractivity contribution >= 4 is 28.5 Å². The third-order valence-electron chi connectivity index (χ3n) is 4.72. The Hall–Kier alpha value is -3.47. The summed E-state index contributed by atoms with van der Waals surface area (Å²) in [5, 5.41) is 3.55. The Kier molecular flexibility index (Phi) is 5.50. The van der Waals surface area contributed by atoms with Gasteiger partial charge in [0, 0.05) is 10.9 Å². The number of pyridine rings is 1. The van der Waals surface area contributed by atoms with Crippen molar-refractivity contribution in [3.05, 3.63) is 72.3 Å². The molecule has 0 radical (unpaired) electrons. The van der Waals surface area contributed by atoms with Crippen molar-refractivity contribution in [2.24, 2.45) is 0 Å². The Labute approximate surface area is 170 Å². The van der Waals surface area contributed by atoms with Crippen molar-refractivity contribution in [1.29, 1.82) is 0 Å². The van der Waals surface area contributed by atoms with Crippen molar-refractivity contribution in [1.82, 2.24) is 4.98 Å². The van der Waals surface area contributed by atoms with Gasteiger partial charge in [-0.15, -0.1) is 0 Å². The van der Waals surface area contributed by atoms with Gasteiger partial charge in [0.2, 0.25) is 5.91 Å². The quantitative estimate of drug-likeness (QED) is 0.498. The SMILES string of the molecule is C=CC(=O)Nc1cc(-c2ccc(C(C)(C)C)cc2)nc2cc(C(=O)OC)ccc12. The zero-order valence-electron chi connectivity index (χ0n) is 17.1. The van der Waals surface area contributed by atoms with Crippen LogP contribution in [0.5, 0.6) is 0 Å². The first kappa shape index (κ1) is 20.3. The van der Waals surface area contributed by atoms with E-state index in [-0.39, 0.29) is 11.3 Å². The second kappa shape index (κ2) is 7.87. The minimum absolute atomic E-state index is 0.0495. The molecule has 2 aromatic carbocycles. The van der Waals surface area contributed by atoms with Gasteiger partial charge >= 0.3 is 5.97 Å². The molecule has 0 spiro atoms. The summed E-state index contributed by atoms with van der Waals surface area (Å²) in [7, 11) is 1.34. The van der Waals surface area contributed by atoms with E-state index in [0.717, 1.165) is 10.9 Å². The molecule has 3 rings (SSSR count). The largest absolute Gasteiger partial charge is 0.465 e. The zero-order valence-corrected chi connectivity index (χ0v) is 17.1. The number of aromatic nitrogens is 1. The predicted molar refractivity (Wildman–Crippen MR) is 116 cm³/mol. The Morgan fingerprint density at radius 2 is 1.76 bits per heavy atom. The van der Waals surface area contributed by atoms with Crippen LogP contribution in [0.2, 0.25) is 0 Å². The summed E-state index contributed by atoms with van der Waals surface area (Å²) in [5.74, 6) is -0.756. The van der Waals surface area contributed by atoms with Crippen LogP contribution in [0.3, 0.4) is 0 Å².